The first kappa shape index (κ1) is 11.3. The van der Waals surface area contributed by atoms with E-state index >= 15 is 0 Å². The maximum absolute atomic E-state index is 9.71. The molecule has 3 rings (SSSR count). The van der Waals surface area contributed by atoms with Gasteiger partial charge in [0.2, 0.25) is 0 Å². The summed E-state index contributed by atoms with van der Waals surface area (Å²) in [5.41, 5.74) is 6.75. The average molecular weight is 253 g/mol. The molecule has 8 heteroatoms. The van der Waals surface area contributed by atoms with Gasteiger partial charge >= 0.3 is 0 Å². The minimum absolute atomic E-state index is 0.221. The van der Waals surface area contributed by atoms with E-state index in [1.54, 1.807) is 10.9 Å². The lowest BCUT2D eigenvalue weighted by molar-refractivity contribution is -0.0432. The van der Waals surface area contributed by atoms with Crippen molar-refractivity contribution in [2.24, 2.45) is 0 Å². The maximum atomic E-state index is 9.71. The van der Waals surface area contributed by atoms with Crippen LogP contribution in [0.3, 0.4) is 0 Å². The number of aliphatic hydroxyl groups excluding tert-OH is 2. The number of ether oxygens (including phenoxy) is 1. The van der Waals surface area contributed by atoms with E-state index in [-0.39, 0.29) is 6.61 Å². The topological polar surface area (TPSA) is 119 Å². The van der Waals surface area contributed by atoms with Gasteiger partial charge in [-0.05, 0) is 0 Å². The number of nitrogen functional groups attached to an aromatic ring is 1. The third kappa shape index (κ3) is 1.62. The van der Waals surface area contributed by atoms with Gasteiger partial charge in [0.15, 0.2) is 11.5 Å². The van der Waals surface area contributed by atoms with Crippen LogP contribution in [0.2, 0.25) is 0 Å². The fourth-order valence-corrected chi connectivity index (χ4v) is 2.13. The molecule has 3 atom stereocenters. The Balaban J connectivity index is 1.99. The molecule has 96 valence electrons. The summed E-state index contributed by atoms with van der Waals surface area (Å²) < 4.78 is 7.22. The van der Waals surface area contributed by atoms with Crippen molar-refractivity contribution >= 4 is 17.0 Å². The van der Waals surface area contributed by atoms with E-state index in [1.807, 2.05) is 0 Å². The predicted molar refractivity (Wildman–Crippen MR) is 61.4 cm³/mol. The van der Waals surface area contributed by atoms with Crippen LogP contribution in [0.15, 0.2) is 12.7 Å². The lowest BCUT2D eigenvalue weighted by atomic mass is 10.2. The summed E-state index contributed by atoms with van der Waals surface area (Å²) in [6, 6.07) is 0. The van der Waals surface area contributed by atoms with Crippen LogP contribution < -0.4 is 5.73 Å². The molecule has 3 heterocycles. The number of nitrogens with two attached hydrogens (primary N) is 1. The van der Waals surface area contributed by atoms with Crippen molar-refractivity contribution in [1.29, 1.82) is 0 Å². The second kappa shape index (κ2) is 4.16. The third-order valence-electron chi connectivity index (χ3n) is 3.08. The number of aromatic nitrogens is 4. The standard InChI is InChI=1S/C10H13N5O3/c11-9-8-10(13-3-12-9)15(4-14-8)7-1-5(17)6(2-16)18-7/h3-7,16-17H,1-2H2,(H2,11,12,13)/t5-,6+,7+/m0/s1/i7+2. The minimum atomic E-state index is -0.698. The molecule has 0 saturated carbocycles. The maximum Gasteiger partial charge on any atom is 0.167 e. The highest BCUT2D eigenvalue weighted by Crippen LogP contribution is 2.30. The molecule has 18 heavy (non-hydrogen) atoms. The molecular weight excluding hydrogens is 240 g/mol. The van der Waals surface area contributed by atoms with Crippen LogP contribution in [-0.4, -0.2) is 48.5 Å². The first-order valence-corrected chi connectivity index (χ1v) is 5.58. The van der Waals surface area contributed by atoms with Gasteiger partial charge in [0.1, 0.15) is 24.2 Å². The van der Waals surface area contributed by atoms with Crippen LogP contribution in [0, 0.1) is 0 Å². The zero-order valence-electron chi connectivity index (χ0n) is 9.47. The molecule has 1 saturated heterocycles. The molecule has 2 aromatic heterocycles. The summed E-state index contributed by atoms with van der Waals surface area (Å²) in [6.45, 7) is -0.221. The molecule has 1 aliphatic heterocycles. The number of hydrogen-bond donors (Lipinski definition) is 3. The Labute approximate surface area is 102 Å². The van der Waals surface area contributed by atoms with E-state index in [9.17, 15) is 5.11 Å². The van der Waals surface area contributed by atoms with Crippen molar-refractivity contribution in [2.75, 3.05) is 12.3 Å². The van der Waals surface area contributed by atoms with Gasteiger partial charge in [0.05, 0.1) is 19.0 Å². The van der Waals surface area contributed by atoms with Crippen LogP contribution in [0.25, 0.3) is 11.2 Å². The first-order valence-electron chi connectivity index (χ1n) is 5.58. The molecule has 0 spiro atoms. The molecular formula is C10H13N5O3. The lowest BCUT2D eigenvalue weighted by Crippen LogP contribution is -2.24. The van der Waals surface area contributed by atoms with Crippen LogP contribution >= 0.6 is 0 Å². The Hall–Kier alpha value is -1.77. The Bertz CT molecular complexity index is 572. The summed E-state index contributed by atoms with van der Waals surface area (Å²) in [5, 5.41) is 18.8. The molecule has 0 radical (unpaired) electrons. The van der Waals surface area contributed by atoms with Crippen molar-refractivity contribution in [3.05, 3.63) is 12.7 Å². The molecule has 0 aliphatic carbocycles. The van der Waals surface area contributed by atoms with Crippen molar-refractivity contribution < 1.29 is 14.9 Å². The molecule has 8 nitrogen and oxygen atoms in total. The van der Waals surface area contributed by atoms with Gasteiger partial charge in [0, 0.05) is 6.42 Å². The summed E-state index contributed by atoms with van der Waals surface area (Å²) >= 11 is 0. The van der Waals surface area contributed by atoms with Gasteiger partial charge in [-0.1, -0.05) is 0 Å². The molecule has 2 aromatic rings. The number of rotatable bonds is 2. The van der Waals surface area contributed by atoms with Gasteiger partial charge in [-0.25, -0.2) is 15.0 Å². The zero-order valence-corrected chi connectivity index (χ0v) is 9.47. The van der Waals surface area contributed by atoms with Crippen LogP contribution in [0.1, 0.15) is 12.6 Å². The van der Waals surface area contributed by atoms with E-state index in [1.165, 1.54) is 6.33 Å². The van der Waals surface area contributed by atoms with E-state index in [2.05, 4.69) is 15.0 Å². The number of hydrogen-bond acceptors (Lipinski definition) is 7. The normalized spacial score (nSPS) is 28.0. The number of imidazole rings is 1. The number of anilines is 1. The highest BCUT2D eigenvalue weighted by molar-refractivity contribution is 5.81. The summed E-state index contributed by atoms with van der Waals surface area (Å²) in [4.78, 5) is 12.1. The Morgan fingerprint density at radius 2 is 2.33 bits per heavy atom. The molecule has 1 aliphatic rings. The van der Waals surface area contributed by atoms with Gasteiger partial charge in [0.25, 0.3) is 0 Å². The summed E-state index contributed by atoms with van der Waals surface area (Å²) in [7, 11) is 0. The average Bonchev–Trinajstić information content (AvgIpc) is 2.93. The van der Waals surface area contributed by atoms with Gasteiger partial charge in [-0.15, -0.1) is 0 Å². The second-order valence-corrected chi connectivity index (χ2v) is 4.20. The molecule has 0 bridgehead atoms. The monoisotopic (exact) mass is 253 g/mol. The molecule has 1 fully saturated rings. The quantitative estimate of drug-likeness (QED) is 0.631. The highest BCUT2D eigenvalue weighted by Gasteiger charge is 2.35. The van der Waals surface area contributed by atoms with Crippen LogP contribution in [-0.2, 0) is 4.74 Å². The second-order valence-electron chi connectivity index (χ2n) is 4.20. The molecule has 0 aromatic carbocycles. The summed E-state index contributed by atoms with van der Waals surface area (Å²) in [5.74, 6) is 0.302. The van der Waals surface area contributed by atoms with Gasteiger partial charge in [-0.3, -0.25) is 4.57 Å². The summed E-state index contributed by atoms with van der Waals surface area (Å²) in [6.07, 6.45) is 1.60. The Kier molecular flexibility index (Phi) is 2.62. The van der Waals surface area contributed by atoms with Gasteiger partial charge in [-0.2, -0.15) is 0 Å². The molecule has 0 amide bonds. The minimum Gasteiger partial charge on any atom is -0.394 e. The number of fused-ring (bicyclic) bond motifs is 1. The van der Waals surface area contributed by atoms with E-state index < -0.39 is 18.4 Å². The molecule has 4 N–H and O–H groups in total. The zero-order chi connectivity index (χ0) is 12.7. The van der Waals surface area contributed by atoms with Crippen LogP contribution in [0.5, 0.6) is 0 Å². The SMILES string of the molecule is Nc1ncnc2c1ncn2[14C@H]1C[C@H](O)[C@@H](CO)O1. The van der Waals surface area contributed by atoms with Crippen molar-refractivity contribution in [1.82, 2.24) is 19.5 Å². The van der Waals surface area contributed by atoms with Crippen molar-refractivity contribution in [2.45, 2.75) is 24.9 Å². The van der Waals surface area contributed by atoms with Crippen molar-refractivity contribution in [3.8, 4) is 0 Å². The van der Waals surface area contributed by atoms with Crippen molar-refractivity contribution in [3.63, 3.8) is 0 Å². The molecule has 0 unspecified atom stereocenters. The van der Waals surface area contributed by atoms with E-state index in [0.29, 0.717) is 23.4 Å². The highest BCUT2D eigenvalue weighted by atomic mass is 16.7. The lowest BCUT2D eigenvalue weighted by Gasteiger charge is -2.13. The van der Waals surface area contributed by atoms with E-state index in [4.69, 9.17) is 15.6 Å². The third-order valence-corrected chi connectivity index (χ3v) is 3.08. The Morgan fingerprint density at radius 1 is 1.50 bits per heavy atom. The van der Waals surface area contributed by atoms with Crippen LogP contribution in [0.4, 0.5) is 5.82 Å². The number of aliphatic hydroxyl groups is 2. The van der Waals surface area contributed by atoms with E-state index in [0.717, 1.165) is 0 Å². The smallest absolute Gasteiger partial charge is 0.167 e. The van der Waals surface area contributed by atoms with Gasteiger partial charge < -0.3 is 20.7 Å². The fraction of sp³-hybridized carbons (Fsp3) is 0.500. The fourth-order valence-electron chi connectivity index (χ4n) is 2.13. The Morgan fingerprint density at radius 3 is 3.06 bits per heavy atom. The number of nitrogens with zero attached hydrogens (tertiary/aromatic N) is 4. The first-order chi connectivity index (χ1) is 8.70. The predicted octanol–water partition coefficient (Wildman–Crippen LogP) is -0.951. The largest absolute Gasteiger partial charge is 0.394 e.